The van der Waals surface area contributed by atoms with E-state index in [1.807, 2.05) is 12.1 Å². The summed E-state index contributed by atoms with van der Waals surface area (Å²) in [4.78, 5) is 2.74. The second-order valence-electron chi connectivity index (χ2n) is 6.07. The first-order valence-corrected chi connectivity index (χ1v) is 8.12. The second-order valence-corrected chi connectivity index (χ2v) is 6.07. The number of nitrogens with zero attached hydrogens (tertiary/aromatic N) is 3. The Morgan fingerprint density at radius 2 is 1.57 bits per heavy atom. The van der Waals surface area contributed by atoms with Crippen LogP contribution in [0.3, 0.4) is 0 Å². The Morgan fingerprint density at radius 1 is 0.870 bits per heavy atom. The summed E-state index contributed by atoms with van der Waals surface area (Å²) >= 11 is 0. The van der Waals surface area contributed by atoms with E-state index in [-0.39, 0.29) is 13.1 Å². The fourth-order valence-corrected chi connectivity index (χ4v) is 3.18. The summed E-state index contributed by atoms with van der Waals surface area (Å²) < 4.78 is 39.9. The minimum Gasteiger partial charge on any atom is -0.347 e. The van der Waals surface area contributed by atoms with E-state index in [0.29, 0.717) is 18.0 Å². The molecule has 23 heavy (non-hydrogen) atoms. The first-order chi connectivity index (χ1) is 11.0. The average molecular weight is 325 g/mol. The Hall–Kier alpha value is -1.53. The predicted molar refractivity (Wildman–Crippen MR) is 85.2 cm³/mol. The molecule has 6 heteroatoms. The number of aromatic nitrogens is 1. The molecule has 0 saturated carbocycles. The molecule has 1 aromatic carbocycles. The molecule has 0 spiro atoms. The number of para-hydroxylation sites is 1. The number of benzene rings is 1. The van der Waals surface area contributed by atoms with Gasteiger partial charge in [0.15, 0.2) is 0 Å². The van der Waals surface area contributed by atoms with Crippen LogP contribution < -0.4 is 0 Å². The molecule has 1 fully saturated rings. The number of unbranched alkanes of at least 4 members (excludes halogenated alkanes) is 1. The zero-order valence-electron chi connectivity index (χ0n) is 13.1. The monoisotopic (exact) mass is 325 g/mol. The van der Waals surface area contributed by atoms with Gasteiger partial charge in [-0.1, -0.05) is 18.2 Å². The summed E-state index contributed by atoms with van der Waals surface area (Å²) in [6.45, 7) is 3.02. The second kappa shape index (κ2) is 6.93. The molecule has 126 valence electrons. The number of rotatable bonds is 5. The number of piperazine rings is 1. The van der Waals surface area contributed by atoms with Crippen molar-refractivity contribution in [3.05, 3.63) is 36.5 Å². The number of aryl methyl sites for hydroxylation is 1. The van der Waals surface area contributed by atoms with Crippen molar-refractivity contribution in [3.63, 3.8) is 0 Å². The van der Waals surface area contributed by atoms with Crippen molar-refractivity contribution in [2.75, 3.05) is 32.7 Å². The molecule has 0 atom stereocenters. The van der Waals surface area contributed by atoms with Gasteiger partial charge in [0.05, 0.1) is 0 Å². The summed E-state index contributed by atoms with van der Waals surface area (Å²) in [6.07, 6.45) is -0.0228. The lowest BCUT2D eigenvalue weighted by molar-refractivity contribution is -0.252. The molecule has 0 radical (unpaired) electrons. The molecule has 0 amide bonds. The van der Waals surface area contributed by atoms with Gasteiger partial charge in [0, 0.05) is 44.4 Å². The van der Waals surface area contributed by atoms with Gasteiger partial charge in [0.25, 0.3) is 0 Å². The van der Waals surface area contributed by atoms with Crippen molar-refractivity contribution < 1.29 is 13.2 Å². The number of hydrogen-bond acceptors (Lipinski definition) is 2. The average Bonchev–Trinajstić information content (AvgIpc) is 2.94. The standard InChI is InChI=1S/C17H22F3N3/c18-17(19,20)23-13-11-21(12-14-23)8-3-4-9-22-10-7-15-5-1-2-6-16(15)22/h1-2,5-7,10H,3-4,8-9,11-14H2. The number of halogens is 3. The zero-order valence-corrected chi connectivity index (χ0v) is 13.1. The fourth-order valence-electron chi connectivity index (χ4n) is 3.18. The normalized spacial score (nSPS) is 17.9. The molecule has 0 unspecified atom stereocenters. The quantitative estimate of drug-likeness (QED) is 0.615. The molecule has 3 nitrogen and oxygen atoms in total. The van der Waals surface area contributed by atoms with Crippen LogP contribution in [-0.2, 0) is 6.54 Å². The molecule has 3 rings (SSSR count). The van der Waals surface area contributed by atoms with E-state index in [1.165, 1.54) is 10.9 Å². The van der Waals surface area contributed by atoms with E-state index < -0.39 is 6.30 Å². The van der Waals surface area contributed by atoms with Gasteiger partial charge >= 0.3 is 6.30 Å². The first-order valence-electron chi connectivity index (χ1n) is 8.12. The Labute approximate surface area is 134 Å². The summed E-state index contributed by atoms with van der Waals surface area (Å²) in [5.74, 6) is 0. The largest absolute Gasteiger partial charge is 0.460 e. The van der Waals surface area contributed by atoms with Crippen LogP contribution in [0.25, 0.3) is 10.9 Å². The molecule has 1 saturated heterocycles. The van der Waals surface area contributed by atoms with Gasteiger partial charge in [-0.05, 0) is 36.9 Å². The van der Waals surface area contributed by atoms with Crippen LogP contribution in [0.4, 0.5) is 13.2 Å². The molecule has 0 N–H and O–H groups in total. The maximum Gasteiger partial charge on any atom is 0.460 e. The molecule has 0 bridgehead atoms. The van der Waals surface area contributed by atoms with Gasteiger partial charge < -0.3 is 9.47 Å². The summed E-state index contributed by atoms with van der Waals surface area (Å²) in [6, 6.07) is 10.4. The van der Waals surface area contributed by atoms with Crippen molar-refractivity contribution in [1.29, 1.82) is 0 Å². The van der Waals surface area contributed by atoms with Gasteiger partial charge in [-0.15, -0.1) is 0 Å². The topological polar surface area (TPSA) is 11.4 Å². The van der Waals surface area contributed by atoms with Crippen molar-refractivity contribution in [3.8, 4) is 0 Å². The maximum absolute atomic E-state index is 12.6. The summed E-state index contributed by atoms with van der Waals surface area (Å²) in [5.41, 5.74) is 1.24. The van der Waals surface area contributed by atoms with Crippen LogP contribution in [0.15, 0.2) is 36.5 Å². The lowest BCUT2D eigenvalue weighted by Crippen LogP contribution is -2.51. The van der Waals surface area contributed by atoms with Crippen LogP contribution in [0.2, 0.25) is 0 Å². The molecule has 1 aliphatic rings. The zero-order chi connectivity index (χ0) is 16.3. The lowest BCUT2D eigenvalue weighted by Gasteiger charge is -2.35. The summed E-state index contributed by atoms with van der Waals surface area (Å²) in [7, 11) is 0. The van der Waals surface area contributed by atoms with Crippen molar-refractivity contribution in [2.24, 2.45) is 0 Å². The molecule has 1 aliphatic heterocycles. The van der Waals surface area contributed by atoms with Gasteiger partial charge in [-0.3, -0.25) is 0 Å². The van der Waals surface area contributed by atoms with Crippen LogP contribution in [0, 0.1) is 0 Å². The van der Waals surface area contributed by atoms with Crippen LogP contribution in [0.5, 0.6) is 0 Å². The molecule has 2 heterocycles. The maximum atomic E-state index is 12.6. The van der Waals surface area contributed by atoms with E-state index in [1.54, 1.807) is 0 Å². The minimum absolute atomic E-state index is 0.0890. The van der Waals surface area contributed by atoms with E-state index in [0.717, 1.165) is 25.9 Å². The highest BCUT2D eigenvalue weighted by Gasteiger charge is 2.38. The van der Waals surface area contributed by atoms with Gasteiger partial charge in [-0.25, -0.2) is 4.90 Å². The molecule has 0 aliphatic carbocycles. The molecular formula is C17H22F3N3. The Morgan fingerprint density at radius 3 is 2.30 bits per heavy atom. The van der Waals surface area contributed by atoms with Gasteiger partial charge in [0.2, 0.25) is 0 Å². The molecule has 1 aromatic heterocycles. The minimum atomic E-state index is -4.18. The summed E-state index contributed by atoms with van der Waals surface area (Å²) in [5, 5.41) is 1.25. The van der Waals surface area contributed by atoms with E-state index in [9.17, 15) is 13.2 Å². The number of alkyl halides is 3. The number of fused-ring (bicyclic) bond motifs is 1. The highest BCUT2D eigenvalue weighted by atomic mass is 19.4. The van der Waals surface area contributed by atoms with E-state index >= 15 is 0 Å². The third-order valence-corrected chi connectivity index (χ3v) is 4.53. The van der Waals surface area contributed by atoms with Crippen LogP contribution in [0.1, 0.15) is 12.8 Å². The first kappa shape index (κ1) is 16.3. The lowest BCUT2D eigenvalue weighted by atomic mass is 10.2. The van der Waals surface area contributed by atoms with Crippen molar-refractivity contribution in [1.82, 2.24) is 14.4 Å². The smallest absolute Gasteiger partial charge is 0.347 e. The highest BCUT2D eigenvalue weighted by molar-refractivity contribution is 5.79. The Balaban J connectivity index is 1.39. The Kier molecular flexibility index (Phi) is 4.92. The van der Waals surface area contributed by atoms with E-state index in [4.69, 9.17) is 0 Å². The third kappa shape index (κ3) is 4.06. The van der Waals surface area contributed by atoms with Crippen LogP contribution in [-0.4, -0.2) is 53.4 Å². The number of hydrogen-bond donors (Lipinski definition) is 0. The van der Waals surface area contributed by atoms with Gasteiger partial charge in [0.1, 0.15) is 0 Å². The molecular weight excluding hydrogens is 303 g/mol. The third-order valence-electron chi connectivity index (χ3n) is 4.53. The van der Waals surface area contributed by atoms with Gasteiger partial charge in [-0.2, -0.15) is 13.2 Å². The van der Waals surface area contributed by atoms with Crippen molar-refractivity contribution >= 4 is 10.9 Å². The Bertz CT molecular complexity index is 627. The highest BCUT2D eigenvalue weighted by Crippen LogP contribution is 2.22. The predicted octanol–water partition coefficient (Wildman–Crippen LogP) is 3.56. The SMILES string of the molecule is FC(F)(F)N1CCN(CCCCn2ccc3ccccc32)CC1. The van der Waals surface area contributed by atoms with E-state index in [2.05, 4.69) is 33.9 Å². The van der Waals surface area contributed by atoms with Crippen LogP contribution >= 0.6 is 0 Å². The van der Waals surface area contributed by atoms with Crippen molar-refractivity contribution in [2.45, 2.75) is 25.7 Å². The fraction of sp³-hybridized carbons (Fsp3) is 0.529. The molecule has 2 aromatic rings.